The Morgan fingerprint density at radius 3 is 2.55 bits per heavy atom. The maximum Gasteiger partial charge on any atom is 0.305 e. The Labute approximate surface area is 203 Å². The van der Waals surface area contributed by atoms with Crippen molar-refractivity contribution in [2.24, 2.45) is 0 Å². The molecule has 2 aromatic rings. The topological polar surface area (TPSA) is 55.4 Å². The molecule has 0 fully saturated rings. The van der Waals surface area contributed by atoms with Crippen LogP contribution in [0.2, 0.25) is 0 Å². The van der Waals surface area contributed by atoms with Crippen molar-refractivity contribution < 1.29 is 14.3 Å². The van der Waals surface area contributed by atoms with Gasteiger partial charge < -0.3 is 10.1 Å². The molecule has 0 radical (unpaired) electrons. The number of hydrogen-bond donors (Lipinski definition) is 1. The van der Waals surface area contributed by atoms with Crippen LogP contribution in [0.4, 0.5) is 0 Å². The molecule has 0 bridgehead atoms. The minimum absolute atomic E-state index is 0.00619. The monoisotopic (exact) mass is 467 g/mol. The first kappa shape index (κ1) is 26.7. The van der Waals surface area contributed by atoms with E-state index in [1.54, 1.807) is 11.8 Å². The molecule has 1 N–H and O–H groups in total. The predicted octanol–water partition coefficient (Wildman–Crippen LogP) is 6.80. The van der Waals surface area contributed by atoms with Gasteiger partial charge >= 0.3 is 5.97 Å². The molecule has 4 nitrogen and oxygen atoms in total. The van der Waals surface area contributed by atoms with Crippen molar-refractivity contribution in [2.75, 3.05) is 12.9 Å². The second kappa shape index (κ2) is 16.1. The van der Waals surface area contributed by atoms with Gasteiger partial charge in [0.15, 0.2) is 0 Å². The molecule has 178 valence electrons. The maximum absolute atomic E-state index is 12.5. The molecule has 0 aliphatic heterocycles. The van der Waals surface area contributed by atoms with Crippen LogP contribution in [-0.4, -0.2) is 30.8 Å². The number of unbranched alkanes of at least 4 members (excludes halogenated alkanes) is 4. The average Bonchev–Trinajstić information content (AvgIpc) is 2.85. The number of carbonyl (C=O) groups is 2. The lowest BCUT2D eigenvalue weighted by Crippen LogP contribution is -2.36. The van der Waals surface area contributed by atoms with Crippen molar-refractivity contribution in [3.63, 3.8) is 0 Å². The Hall–Kier alpha value is -2.53. The largest absolute Gasteiger partial charge is 0.469 e. The van der Waals surface area contributed by atoms with E-state index >= 15 is 0 Å². The molecule has 1 atom stereocenters. The van der Waals surface area contributed by atoms with Crippen molar-refractivity contribution in [2.45, 2.75) is 69.2 Å². The maximum atomic E-state index is 12.5. The number of esters is 1. The molecule has 0 heterocycles. The summed E-state index contributed by atoms with van der Waals surface area (Å²) in [4.78, 5) is 25.2. The van der Waals surface area contributed by atoms with Gasteiger partial charge in [0.25, 0.3) is 0 Å². The van der Waals surface area contributed by atoms with Gasteiger partial charge in [0.1, 0.15) is 0 Å². The number of benzene rings is 2. The SMILES string of the molecule is CCCCCCC=CCC(=O)N[C@@H](CCC(=O)OC)CSc1cccc(-c2ccccc2)c1. The third-order valence-electron chi connectivity index (χ3n) is 5.38. The summed E-state index contributed by atoms with van der Waals surface area (Å²) in [6.07, 6.45) is 11.2. The van der Waals surface area contributed by atoms with E-state index in [0.717, 1.165) is 11.3 Å². The zero-order chi connectivity index (χ0) is 23.7. The van der Waals surface area contributed by atoms with Gasteiger partial charge in [-0.25, -0.2) is 0 Å². The molecular formula is C28H37NO3S. The van der Waals surface area contributed by atoms with Gasteiger partial charge in [-0.2, -0.15) is 0 Å². The van der Waals surface area contributed by atoms with Crippen molar-refractivity contribution in [3.8, 4) is 11.1 Å². The van der Waals surface area contributed by atoms with Gasteiger partial charge in [-0.05, 0) is 42.5 Å². The van der Waals surface area contributed by atoms with Gasteiger partial charge in [-0.15, -0.1) is 11.8 Å². The Morgan fingerprint density at radius 1 is 1.00 bits per heavy atom. The zero-order valence-corrected chi connectivity index (χ0v) is 20.7. The Morgan fingerprint density at radius 2 is 1.79 bits per heavy atom. The lowest BCUT2D eigenvalue weighted by atomic mass is 10.1. The van der Waals surface area contributed by atoms with E-state index in [1.165, 1.54) is 43.9 Å². The van der Waals surface area contributed by atoms with Crippen LogP contribution >= 0.6 is 11.8 Å². The number of nitrogens with one attached hydrogen (secondary N) is 1. The molecule has 2 rings (SSSR count). The van der Waals surface area contributed by atoms with E-state index in [0.29, 0.717) is 25.0 Å². The van der Waals surface area contributed by atoms with E-state index in [-0.39, 0.29) is 17.9 Å². The first-order valence-electron chi connectivity index (χ1n) is 11.9. The lowest BCUT2D eigenvalue weighted by molar-refractivity contribution is -0.141. The Bertz CT molecular complexity index is 866. The van der Waals surface area contributed by atoms with Gasteiger partial charge in [-0.3, -0.25) is 9.59 Å². The summed E-state index contributed by atoms with van der Waals surface area (Å²) in [6, 6.07) is 18.6. The fourth-order valence-electron chi connectivity index (χ4n) is 3.47. The van der Waals surface area contributed by atoms with Gasteiger partial charge in [0.2, 0.25) is 5.91 Å². The second-order valence-corrected chi connectivity index (χ2v) is 9.20. The molecule has 0 saturated heterocycles. The average molecular weight is 468 g/mol. The van der Waals surface area contributed by atoms with Crippen LogP contribution in [0, 0.1) is 0 Å². The molecule has 0 saturated carbocycles. The highest BCUT2D eigenvalue weighted by molar-refractivity contribution is 7.99. The van der Waals surface area contributed by atoms with Crippen LogP contribution < -0.4 is 5.32 Å². The molecule has 2 aromatic carbocycles. The fourth-order valence-corrected chi connectivity index (χ4v) is 4.50. The smallest absolute Gasteiger partial charge is 0.305 e. The molecule has 0 unspecified atom stereocenters. The molecule has 0 aliphatic rings. The molecule has 0 aliphatic carbocycles. The van der Waals surface area contributed by atoms with Crippen LogP contribution in [0.3, 0.4) is 0 Å². The number of carbonyl (C=O) groups excluding carboxylic acids is 2. The number of hydrogen-bond acceptors (Lipinski definition) is 4. The first-order chi connectivity index (χ1) is 16.1. The number of allylic oxidation sites excluding steroid dienone is 1. The molecule has 5 heteroatoms. The normalized spacial score (nSPS) is 11.9. The summed E-state index contributed by atoms with van der Waals surface area (Å²) in [6.45, 7) is 2.20. The number of amides is 1. The standard InChI is InChI=1S/C28H37NO3S/c1-3-4-5-6-7-8-12-18-27(30)29-25(19-20-28(31)32-2)22-33-26-17-13-16-24(21-26)23-14-10-9-11-15-23/h8-17,21,25H,3-7,18-20,22H2,1-2H3,(H,29,30)/t25-/m0/s1. The van der Waals surface area contributed by atoms with E-state index in [1.807, 2.05) is 24.3 Å². The van der Waals surface area contributed by atoms with Gasteiger partial charge in [-0.1, -0.05) is 80.8 Å². The highest BCUT2D eigenvalue weighted by Gasteiger charge is 2.15. The van der Waals surface area contributed by atoms with Crippen LogP contribution in [0.15, 0.2) is 71.6 Å². The number of ether oxygens (including phenoxy) is 1. The van der Waals surface area contributed by atoms with Crippen LogP contribution in [0.1, 0.15) is 58.3 Å². The Kier molecular flexibility index (Phi) is 13.1. The highest BCUT2D eigenvalue weighted by atomic mass is 32.2. The number of rotatable bonds is 15. The molecule has 1 amide bonds. The third-order valence-corrected chi connectivity index (χ3v) is 6.53. The molecule has 0 spiro atoms. The van der Waals surface area contributed by atoms with Crippen molar-refractivity contribution in [3.05, 3.63) is 66.7 Å². The van der Waals surface area contributed by atoms with Crippen LogP contribution in [0.25, 0.3) is 11.1 Å². The van der Waals surface area contributed by atoms with Crippen LogP contribution in [-0.2, 0) is 14.3 Å². The summed E-state index contributed by atoms with van der Waals surface area (Å²) >= 11 is 1.69. The van der Waals surface area contributed by atoms with Crippen molar-refractivity contribution in [1.29, 1.82) is 0 Å². The minimum Gasteiger partial charge on any atom is -0.469 e. The quantitative estimate of drug-likeness (QED) is 0.135. The van der Waals surface area contributed by atoms with Gasteiger partial charge in [0.05, 0.1) is 7.11 Å². The van der Waals surface area contributed by atoms with E-state index < -0.39 is 0 Å². The predicted molar refractivity (Wildman–Crippen MR) is 138 cm³/mol. The number of methoxy groups -OCH3 is 1. The zero-order valence-electron chi connectivity index (χ0n) is 19.9. The summed E-state index contributed by atoms with van der Waals surface area (Å²) in [5, 5.41) is 3.11. The third kappa shape index (κ3) is 11.2. The van der Waals surface area contributed by atoms with Crippen molar-refractivity contribution in [1.82, 2.24) is 5.32 Å². The van der Waals surface area contributed by atoms with Crippen LogP contribution in [0.5, 0.6) is 0 Å². The molecular weight excluding hydrogens is 430 g/mol. The van der Waals surface area contributed by atoms with Gasteiger partial charge in [0, 0.05) is 29.5 Å². The lowest BCUT2D eigenvalue weighted by Gasteiger charge is -2.18. The first-order valence-corrected chi connectivity index (χ1v) is 12.9. The van der Waals surface area contributed by atoms with E-state index in [4.69, 9.17) is 4.74 Å². The summed E-state index contributed by atoms with van der Waals surface area (Å²) in [7, 11) is 1.39. The summed E-state index contributed by atoms with van der Waals surface area (Å²) < 4.78 is 4.78. The Balaban J connectivity index is 1.89. The molecule has 33 heavy (non-hydrogen) atoms. The number of thioether (sulfide) groups is 1. The highest BCUT2D eigenvalue weighted by Crippen LogP contribution is 2.26. The summed E-state index contributed by atoms with van der Waals surface area (Å²) in [5.74, 6) is 0.437. The van der Waals surface area contributed by atoms with E-state index in [9.17, 15) is 9.59 Å². The molecule has 0 aromatic heterocycles. The fraction of sp³-hybridized carbons (Fsp3) is 0.429. The second-order valence-electron chi connectivity index (χ2n) is 8.11. The minimum atomic E-state index is -0.253. The summed E-state index contributed by atoms with van der Waals surface area (Å²) in [5.41, 5.74) is 2.34. The van der Waals surface area contributed by atoms with Crippen molar-refractivity contribution >= 4 is 23.6 Å². The van der Waals surface area contributed by atoms with E-state index in [2.05, 4.69) is 54.7 Å².